The summed E-state index contributed by atoms with van der Waals surface area (Å²) in [5, 5.41) is 2.67. The van der Waals surface area contributed by atoms with Gasteiger partial charge in [-0.15, -0.1) is 0 Å². The largest absolute Gasteiger partial charge is 0.349 e. The van der Waals surface area contributed by atoms with Crippen molar-refractivity contribution in [1.82, 2.24) is 10.2 Å². The van der Waals surface area contributed by atoms with Crippen molar-refractivity contribution in [2.75, 3.05) is 20.1 Å². The fourth-order valence-corrected chi connectivity index (χ4v) is 2.76. The lowest BCUT2D eigenvalue weighted by Gasteiger charge is -2.22. The second-order valence-corrected chi connectivity index (χ2v) is 7.51. The third-order valence-corrected chi connectivity index (χ3v) is 3.77. The Balaban J connectivity index is 4.23. The van der Waals surface area contributed by atoms with Crippen molar-refractivity contribution in [3.63, 3.8) is 0 Å². The molecule has 0 aliphatic rings. The number of Topliss-reactive ketones (excluding diaryl/α,β-unsaturated/α-hetero) is 1. The van der Waals surface area contributed by atoms with Crippen LogP contribution in [0.25, 0.3) is 0 Å². The quantitative estimate of drug-likeness (QED) is 0.671. The van der Waals surface area contributed by atoms with Crippen molar-refractivity contribution in [3.8, 4) is 0 Å². The average molecular weight is 326 g/mol. The Bertz CT molecular complexity index is 405. The summed E-state index contributed by atoms with van der Waals surface area (Å²) in [6, 6.07) is 0. The fourth-order valence-electron chi connectivity index (χ4n) is 2.76. The summed E-state index contributed by atoms with van der Waals surface area (Å²) in [6.07, 6.45) is 1.60. The molecule has 2 atom stereocenters. The molecule has 0 aromatic rings. The minimum absolute atomic E-state index is 0.0164. The van der Waals surface area contributed by atoms with Crippen LogP contribution in [0.1, 0.15) is 54.4 Å². The molecule has 1 N–H and O–H groups in total. The van der Waals surface area contributed by atoms with Gasteiger partial charge in [-0.05, 0) is 24.7 Å². The summed E-state index contributed by atoms with van der Waals surface area (Å²) < 4.78 is 0. The number of hydrogen-bond donors (Lipinski definition) is 1. The standard InChI is InChI=1S/C18H34N2O3/c1-12(2)8-14(5)17(22)19-10-16(21)11-20(7)18(23)15(6)9-13(3)4/h12-15H,8-11H2,1-7H3,(H,19,22). The van der Waals surface area contributed by atoms with Crippen LogP contribution in [0.3, 0.4) is 0 Å². The van der Waals surface area contributed by atoms with Crippen molar-refractivity contribution in [2.24, 2.45) is 23.7 Å². The van der Waals surface area contributed by atoms with Crippen LogP contribution >= 0.6 is 0 Å². The summed E-state index contributed by atoms with van der Waals surface area (Å²) in [4.78, 5) is 37.5. The Hall–Kier alpha value is -1.39. The molecule has 134 valence electrons. The number of nitrogens with one attached hydrogen (secondary N) is 1. The highest BCUT2D eigenvalue weighted by Crippen LogP contribution is 2.13. The third-order valence-electron chi connectivity index (χ3n) is 3.77. The fraction of sp³-hybridized carbons (Fsp3) is 0.833. The molecule has 0 aliphatic carbocycles. The first kappa shape index (κ1) is 21.6. The Morgan fingerprint density at radius 3 is 1.83 bits per heavy atom. The van der Waals surface area contributed by atoms with E-state index >= 15 is 0 Å². The number of likely N-dealkylation sites (N-methyl/N-ethyl adjacent to an activating group) is 1. The van der Waals surface area contributed by atoms with Crippen LogP contribution in [-0.2, 0) is 14.4 Å². The maximum absolute atomic E-state index is 12.2. The first-order valence-electron chi connectivity index (χ1n) is 8.58. The minimum Gasteiger partial charge on any atom is -0.349 e. The van der Waals surface area contributed by atoms with Crippen LogP contribution in [0, 0.1) is 23.7 Å². The average Bonchev–Trinajstić information content (AvgIpc) is 2.42. The Labute approximate surface area is 141 Å². The van der Waals surface area contributed by atoms with E-state index in [1.54, 1.807) is 7.05 Å². The Kier molecular flexibility index (Phi) is 9.77. The van der Waals surface area contributed by atoms with Crippen molar-refractivity contribution in [3.05, 3.63) is 0 Å². The summed E-state index contributed by atoms with van der Waals surface area (Å²) in [5.41, 5.74) is 0. The molecule has 2 amide bonds. The molecule has 0 radical (unpaired) electrons. The topological polar surface area (TPSA) is 66.5 Å². The van der Waals surface area contributed by atoms with Gasteiger partial charge < -0.3 is 10.2 Å². The van der Waals surface area contributed by atoms with E-state index in [0.717, 1.165) is 12.8 Å². The molecule has 23 heavy (non-hydrogen) atoms. The highest BCUT2D eigenvalue weighted by Gasteiger charge is 2.21. The molecule has 5 nitrogen and oxygen atoms in total. The second kappa shape index (κ2) is 10.4. The van der Waals surface area contributed by atoms with E-state index in [-0.39, 0.29) is 42.5 Å². The zero-order chi connectivity index (χ0) is 18.2. The normalized spacial score (nSPS) is 13.8. The summed E-state index contributed by atoms with van der Waals surface area (Å²) in [5.74, 6) is 0.419. The van der Waals surface area contributed by atoms with Gasteiger partial charge in [0.05, 0.1) is 13.1 Å². The van der Waals surface area contributed by atoms with E-state index in [1.807, 2.05) is 13.8 Å². The molecule has 0 aliphatic heterocycles. The number of carbonyl (C=O) groups excluding carboxylic acids is 3. The first-order valence-corrected chi connectivity index (χ1v) is 8.58. The monoisotopic (exact) mass is 326 g/mol. The molecule has 0 rings (SSSR count). The number of ketones is 1. The lowest BCUT2D eigenvalue weighted by molar-refractivity contribution is -0.137. The zero-order valence-electron chi connectivity index (χ0n) is 15.8. The van der Waals surface area contributed by atoms with E-state index in [2.05, 4.69) is 33.0 Å². The molecule has 5 heteroatoms. The lowest BCUT2D eigenvalue weighted by Crippen LogP contribution is -2.41. The van der Waals surface area contributed by atoms with E-state index in [9.17, 15) is 14.4 Å². The van der Waals surface area contributed by atoms with Gasteiger partial charge in [0, 0.05) is 18.9 Å². The molecule has 0 saturated heterocycles. The van der Waals surface area contributed by atoms with E-state index < -0.39 is 0 Å². The molecule has 0 saturated carbocycles. The van der Waals surface area contributed by atoms with Crippen LogP contribution in [-0.4, -0.2) is 42.6 Å². The Morgan fingerprint density at radius 1 is 0.870 bits per heavy atom. The SMILES string of the molecule is CC(C)CC(C)C(=O)NCC(=O)CN(C)C(=O)C(C)CC(C)C. The molecule has 0 spiro atoms. The van der Waals surface area contributed by atoms with Gasteiger partial charge >= 0.3 is 0 Å². The van der Waals surface area contributed by atoms with E-state index in [0.29, 0.717) is 11.8 Å². The van der Waals surface area contributed by atoms with E-state index in [4.69, 9.17) is 0 Å². The van der Waals surface area contributed by atoms with Gasteiger partial charge in [-0.25, -0.2) is 0 Å². The highest BCUT2D eigenvalue weighted by molar-refractivity contribution is 5.90. The maximum atomic E-state index is 12.2. The number of carbonyl (C=O) groups is 3. The number of rotatable bonds is 10. The van der Waals surface area contributed by atoms with Gasteiger partial charge in [-0.1, -0.05) is 41.5 Å². The van der Waals surface area contributed by atoms with Gasteiger partial charge in [0.2, 0.25) is 11.8 Å². The van der Waals surface area contributed by atoms with Crippen LogP contribution in [0.4, 0.5) is 0 Å². The van der Waals surface area contributed by atoms with E-state index in [1.165, 1.54) is 4.90 Å². The molecule has 0 heterocycles. The van der Waals surface area contributed by atoms with Crippen molar-refractivity contribution >= 4 is 17.6 Å². The lowest BCUT2D eigenvalue weighted by atomic mass is 9.97. The molecule has 2 unspecified atom stereocenters. The summed E-state index contributed by atoms with van der Waals surface area (Å²) in [6.45, 7) is 12.0. The molecular formula is C18H34N2O3. The zero-order valence-corrected chi connectivity index (χ0v) is 15.8. The van der Waals surface area contributed by atoms with Crippen LogP contribution in [0.5, 0.6) is 0 Å². The van der Waals surface area contributed by atoms with Crippen LogP contribution < -0.4 is 5.32 Å². The number of hydrogen-bond acceptors (Lipinski definition) is 3. The predicted molar refractivity (Wildman–Crippen MR) is 92.9 cm³/mol. The Morgan fingerprint density at radius 2 is 1.35 bits per heavy atom. The van der Waals surface area contributed by atoms with Gasteiger partial charge in [0.1, 0.15) is 0 Å². The van der Waals surface area contributed by atoms with Crippen LogP contribution in [0.15, 0.2) is 0 Å². The molecule has 0 fully saturated rings. The van der Waals surface area contributed by atoms with Gasteiger partial charge in [-0.3, -0.25) is 14.4 Å². The smallest absolute Gasteiger partial charge is 0.225 e. The summed E-state index contributed by atoms with van der Waals surface area (Å²) >= 11 is 0. The minimum atomic E-state index is -0.150. The van der Waals surface area contributed by atoms with Crippen molar-refractivity contribution < 1.29 is 14.4 Å². The van der Waals surface area contributed by atoms with Crippen LogP contribution in [0.2, 0.25) is 0 Å². The summed E-state index contributed by atoms with van der Waals surface area (Å²) in [7, 11) is 1.64. The van der Waals surface area contributed by atoms with Crippen molar-refractivity contribution in [2.45, 2.75) is 54.4 Å². The predicted octanol–water partition coefficient (Wildman–Crippen LogP) is 2.49. The highest BCUT2D eigenvalue weighted by atomic mass is 16.2. The number of nitrogens with zero attached hydrogens (tertiary/aromatic N) is 1. The third kappa shape index (κ3) is 9.36. The maximum Gasteiger partial charge on any atom is 0.225 e. The van der Waals surface area contributed by atoms with Gasteiger partial charge in [0.15, 0.2) is 5.78 Å². The van der Waals surface area contributed by atoms with Gasteiger partial charge in [-0.2, -0.15) is 0 Å². The first-order chi connectivity index (χ1) is 10.5. The number of amides is 2. The van der Waals surface area contributed by atoms with Crippen molar-refractivity contribution in [1.29, 1.82) is 0 Å². The second-order valence-electron chi connectivity index (χ2n) is 7.51. The molecule has 0 aromatic heterocycles. The molecule has 0 bridgehead atoms. The molecule has 0 aromatic carbocycles. The van der Waals surface area contributed by atoms with Gasteiger partial charge in [0.25, 0.3) is 0 Å². The molecular weight excluding hydrogens is 292 g/mol.